The van der Waals surface area contributed by atoms with Gasteiger partial charge in [0.15, 0.2) is 0 Å². The molecule has 0 fully saturated rings. The summed E-state index contributed by atoms with van der Waals surface area (Å²) in [5, 5.41) is 5.39. The number of amides is 1. The van der Waals surface area contributed by atoms with E-state index in [0.29, 0.717) is 13.0 Å². The van der Waals surface area contributed by atoms with Gasteiger partial charge < -0.3 is 11.1 Å². The average molecular weight is 284 g/mol. The Morgan fingerprint density at radius 2 is 1.81 bits per heavy atom. The molecule has 21 heavy (non-hydrogen) atoms. The maximum atomic E-state index is 12.2. The SMILES string of the molecule is CC(C)(C)C(CN)NC(=O)Cc1ccc2ccccc2c1. The molecule has 112 valence electrons. The van der Waals surface area contributed by atoms with E-state index in [-0.39, 0.29) is 17.4 Å². The Kier molecular flexibility index (Phi) is 4.63. The molecule has 0 aromatic heterocycles. The van der Waals surface area contributed by atoms with E-state index < -0.39 is 0 Å². The zero-order chi connectivity index (χ0) is 15.5. The van der Waals surface area contributed by atoms with Crippen molar-refractivity contribution in [3.63, 3.8) is 0 Å². The summed E-state index contributed by atoms with van der Waals surface area (Å²) in [5.41, 5.74) is 6.75. The van der Waals surface area contributed by atoms with Crippen molar-refractivity contribution >= 4 is 16.7 Å². The van der Waals surface area contributed by atoms with Crippen LogP contribution in [0.4, 0.5) is 0 Å². The number of carbonyl (C=O) groups is 1. The minimum absolute atomic E-state index is 0.00884. The topological polar surface area (TPSA) is 55.1 Å². The predicted molar refractivity (Wildman–Crippen MR) is 88.1 cm³/mol. The third-order valence-electron chi connectivity index (χ3n) is 3.79. The molecule has 0 aliphatic heterocycles. The lowest BCUT2D eigenvalue weighted by molar-refractivity contribution is -0.121. The number of hydrogen-bond acceptors (Lipinski definition) is 2. The van der Waals surface area contributed by atoms with Crippen molar-refractivity contribution in [1.82, 2.24) is 5.32 Å². The molecule has 0 saturated carbocycles. The summed E-state index contributed by atoms with van der Waals surface area (Å²) >= 11 is 0. The molecule has 0 bridgehead atoms. The van der Waals surface area contributed by atoms with E-state index in [9.17, 15) is 4.79 Å². The van der Waals surface area contributed by atoms with E-state index >= 15 is 0 Å². The second kappa shape index (κ2) is 6.27. The van der Waals surface area contributed by atoms with Gasteiger partial charge in [-0.3, -0.25) is 4.79 Å². The highest BCUT2D eigenvalue weighted by Gasteiger charge is 2.24. The summed E-state index contributed by atoms with van der Waals surface area (Å²) in [4.78, 5) is 12.2. The highest BCUT2D eigenvalue weighted by Crippen LogP contribution is 2.19. The minimum Gasteiger partial charge on any atom is -0.351 e. The summed E-state index contributed by atoms with van der Waals surface area (Å²) in [5.74, 6) is 0.0238. The minimum atomic E-state index is -0.0339. The van der Waals surface area contributed by atoms with Crippen LogP contribution < -0.4 is 11.1 Å². The highest BCUT2D eigenvalue weighted by molar-refractivity contribution is 5.85. The fraction of sp³-hybridized carbons (Fsp3) is 0.389. The Balaban J connectivity index is 2.07. The molecule has 1 unspecified atom stereocenters. The lowest BCUT2D eigenvalue weighted by Gasteiger charge is -2.30. The standard InChI is InChI=1S/C18H24N2O/c1-18(2,3)16(12-19)20-17(21)11-13-8-9-14-6-4-5-7-15(14)10-13/h4-10,16H,11-12,19H2,1-3H3,(H,20,21). The lowest BCUT2D eigenvalue weighted by Crippen LogP contribution is -2.48. The van der Waals surface area contributed by atoms with Crippen molar-refractivity contribution in [2.75, 3.05) is 6.54 Å². The summed E-state index contributed by atoms with van der Waals surface area (Å²) < 4.78 is 0. The summed E-state index contributed by atoms with van der Waals surface area (Å²) in [6.07, 6.45) is 0.386. The quantitative estimate of drug-likeness (QED) is 0.907. The zero-order valence-corrected chi connectivity index (χ0v) is 13.0. The van der Waals surface area contributed by atoms with Gasteiger partial charge in [0.25, 0.3) is 0 Å². The van der Waals surface area contributed by atoms with Crippen LogP contribution >= 0.6 is 0 Å². The van der Waals surface area contributed by atoms with Crippen LogP contribution in [0.25, 0.3) is 10.8 Å². The third-order valence-corrected chi connectivity index (χ3v) is 3.79. The normalized spacial score (nSPS) is 13.1. The molecule has 0 saturated heterocycles. The van der Waals surface area contributed by atoms with Crippen LogP contribution in [0, 0.1) is 5.41 Å². The van der Waals surface area contributed by atoms with Crippen LogP contribution in [-0.4, -0.2) is 18.5 Å². The molecule has 2 aromatic carbocycles. The van der Waals surface area contributed by atoms with E-state index in [1.54, 1.807) is 0 Å². The van der Waals surface area contributed by atoms with Crippen LogP contribution in [0.2, 0.25) is 0 Å². The van der Waals surface area contributed by atoms with Gasteiger partial charge in [0.2, 0.25) is 5.91 Å². The number of rotatable bonds is 4. The Labute approximate surface area is 126 Å². The Morgan fingerprint density at radius 3 is 2.43 bits per heavy atom. The van der Waals surface area contributed by atoms with Crippen molar-refractivity contribution in [2.24, 2.45) is 11.1 Å². The Bertz CT molecular complexity index is 628. The van der Waals surface area contributed by atoms with Crippen molar-refractivity contribution in [1.29, 1.82) is 0 Å². The number of carbonyl (C=O) groups excluding carboxylic acids is 1. The van der Waals surface area contributed by atoms with Crippen molar-refractivity contribution in [3.8, 4) is 0 Å². The molecule has 0 spiro atoms. The second-order valence-corrected chi connectivity index (χ2v) is 6.58. The fourth-order valence-electron chi connectivity index (χ4n) is 2.41. The number of fused-ring (bicyclic) bond motifs is 1. The van der Waals surface area contributed by atoms with Crippen LogP contribution in [0.15, 0.2) is 42.5 Å². The molecule has 0 aliphatic rings. The van der Waals surface area contributed by atoms with Crippen molar-refractivity contribution in [3.05, 3.63) is 48.0 Å². The molecule has 1 amide bonds. The van der Waals surface area contributed by atoms with Crippen molar-refractivity contribution in [2.45, 2.75) is 33.2 Å². The van der Waals surface area contributed by atoms with E-state index in [4.69, 9.17) is 5.73 Å². The maximum absolute atomic E-state index is 12.2. The molecule has 0 aliphatic carbocycles. The smallest absolute Gasteiger partial charge is 0.224 e. The first kappa shape index (κ1) is 15.5. The van der Waals surface area contributed by atoms with Gasteiger partial charge in [0, 0.05) is 12.6 Å². The largest absolute Gasteiger partial charge is 0.351 e. The van der Waals surface area contributed by atoms with E-state index in [2.05, 4.69) is 50.4 Å². The molecule has 3 heteroatoms. The average Bonchev–Trinajstić information content (AvgIpc) is 2.43. The summed E-state index contributed by atoms with van der Waals surface area (Å²) in [6.45, 7) is 6.70. The van der Waals surface area contributed by atoms with Crippen LogP contribution in [-0.2, 0) is 11.2 Å². The van der Waals surface area contributed by atoms with Gasteiger partial charge in [-0.2, -0.15) is 0 Å². The first-order chi connectivity index (χ1) is 9.90. The van der Waals surface area contributed by atoms with Gasteiger partial charge in [0.1, 0.15) is 0 Å². The maximum Gasteiger partial charge on any atom is 0.224 e. The zero-order valence-electron chi connectivity index (χ0n) is 13.0. The highest BCUT2D eigenvalue weighted by atomic mass is 16.1. The number of nitrogens with two attached hydrogens (primary N) is 1. The van der Waals surface area contributed by atoms with Crippen LogP contribution in [0.3, 0.4) is 0 Å². The monoisotopic (exact) mass is 284 g/mol. The molecule has 3 nitrogen and oxygen atoms in total. The van der Waals surface area contributed by atoms with Gasteiger partial charge >= 0.3 is 0 Å². The molecule has 0 heterocycles. The van der Waals surface area contributed by atoms with E-state index in [1.807, 2.05) is 18.2 Å². The predicted octanol–water partition coefficient (Wildman–Crippen LogP) is 2.87. The van der Waals surface area contributed by atoms with Gasteiger partial charge in [-0.05, 0) is 21.8 Å². The first-order valence-corrected chi connectivity index (χ1v) is 7.37. The summed E-state index contributed by atoms with van der Waals surface area (Å²) in [7, 11) is 0. The molecule has 1 atom stereocenters. The first-order valence-electron chi connectivity index (χ1n) is 7.37. The Morgan fingerprint density at radius 1 is 1.14 bits per heavy atom. The number of hydrogen-bond donors (Lipinski definition) is 2. The van der Waals surface area contributed by atoms with Crippen LogP contribution in [0.1, 0.15) is 26.3 Å². The van der Waals surface area contributed by atoms with Gasteiger partial charge in [-0.15, -0.1) is 0 Å². The molecular formula is C18H24N2O. The summed E-state index contributed by atoms with van der Waals surface area (Å²) in [6, 6.07) is 14.3. The number of nitrogens with one attached hydrogen (secondary N) is 1. The van der Waals surface area contributed by atoms with Crippen LogP contribution in [0.5, 0.6) is 0 Å². The molecule has 3 N–H and O–H groups in total. The molecular weight excluding hydrogens is 260 g/mol. The van der Waals surface area contributed by atoms with E-state index in [1.165, 1.54) is 5.39 Å². The molecule has 2 aromatic rings. The molecule has 2 rings (SSSR count). The second-order valence-electron chi connectivity index (χ2n) is 6.58. The fourth-order valence-corrected chi connectivity index (χ4v) is 2.41. The van der Waals surface area contributed by atoms with Gasteiger partial charge in [-0.25, -0.2) is 0 Å². The van der Waals surface area contributed by atoms with Gasteiger partial charge in [0.05, 0.1) is 6.42 Å². The third kappa shape index (κ3) is 4.05. The van der Waals surface area contributed by atoms with Gasteiger partial charge in [-0.1, -0.05) is 63.2 Å². The number of benzene rings is 2. The van der Waals surface area contributed by atoms with E-state index in [0.717, 1.165) is 10.9 Å². The van der Waals surface area contributed by atoms with Crippen molar-refractivity contribution < 1.29 is 4.79 Å². The lowest BCUT2D eigenvalue weighted by atomic mass is 9.86. The Hall–Kier alpha value is -1.87. The molecule has 0 radical (unpaired) electrons.